The molecule has 0 amide bonds. The van der Waals surface area contributed by atoms with Gasteiger partial charge in [-0.25, -0.2) is 4.79 Å². The molecule has 0 aromatic carbocycles. The van der Waals surface area contributed by atoms with Gasteiger partial charge in [0, 0.05) is 13.2 Å². The molecule has 7 heteroatoms. The van der Waals surface area contributed by atoms with Crippen molar-refractivity contribution in [1.29, 1.82) is 0 Å². The Bertz CT molecular complexity index is 400. The number of nitrogens with zero attached hydrogens (tertiary/aromatic N) is 3. The number of oxime groups is 1. The van der Waals surface area contributed by atoms with Gasteiger partial charge in [0.05, 0.1) is 6.61 Å². The number of carbonyl (C=O) groups is 1. The maximum atomic E-state index is 11.4. The highest BCUT2D eigenvalue weighted by Gasteiger charge is 2.20. The number of carbonyl (C=O) groups excluding carboxylic acids is 1. The quantitative estimate of drug-likeness (QED) is 0.364. The van der Waals surface area contributed by atoms with Gasteiger partial charge in [-0.3, -0.25) is 4.68 Å². The van der Waals surface area contributed by atoms with Crippen LogP contribution in [0.5, 0.6) is 0 Å². The third kappa shape index (κ3) is 2.47. The first-order chi connectivity index (χ1) is 7.10. The molecule has 1 rings (SSSR count). The molecule has 0 saturated heterocycles. The summed E-state index contributed by atoms with van der Waals surface area (Å²) in [5, 5.41) is 14.9. The number of esters is 1. The molecule has 0 spiro atoms. The van der Waals surface area contributed by atoms with Crippen molar-refractivity contribution in [2.45, 2.75) is 6.92 Å². The average Bonchev–Trinajstić information content (AvgIpc) is 2.59. The largest absolute Gasteiger partial charge is 0.462 e. The van der Waals surface area contributed by atoms with Crippen molar-refractivity contribution in [1.82, 2.24) is 9.78 Å². The van der Waals surface area contributed by atoms with E-state index in [0.717, 1.165) is 0 Å². The van der Waals surface area contributed by atoms with Gasteiger partial charge in [-0.05, 0) is 6.92 Å². The van der Waals surface area contributed by atoms with Crippen LogP contribution in [0.2, 0.25) is 0 Å². The standard InChI is InChI=1S/C8H10ClN3O3/c1-3-15-8(13)5-4-12(2)10-6(5)7(9)11-14/h4,14H,3H2,1-2H3/b11-7-. The Kier molecular flexibility index (Phi) is 3.68. The van der Waals surface area contributed by atoms with E-state index in [2.05, 4.69) is 10.3 Å². The highest BCUT2D eigenvalue weighted by Crippen LogP contribution is 2.11. The second kappa shape index (κ2) is 4.79. The van der Waals surface area contributed by atoms with Crippen molar-refractivity contribution in [2.75, 3.05) is 6.61 Å². The van der Waals surface area contributed by atoms with Gasteiger partial charge in [0.1, 0.15) is 11.3 Å². The summed E-state index contributed by atoms with van der Waals surface area (Å²) in [5.74, 6) is -0.553. The van der Waals surface area contributed by atoms with Crippen LogP contribution in [0.1, 0.15) is 23.0 Å². The Morgan fingerprint density at radius 2 is 2.47 bits per heavy atom. The van der Waals surface area contributed by atoms with Gasteiger partial charge in [0.25, 0.3) is 0 Å². The smallest absolute Gasteiger partial charge is 0.342 e. The summed E-state index contributed by atoms with van der Waals surface area (Å²) in [4.78, 5) is 11.4. The van der Waals surface area contributed by atoms with E-state index in [9.17, 15) is 4.79 Å². The summed E-state index contributed by atoms with van der Waals surface area (Å²) in [6.07, 6.45) is 1.45. The predicted molar refractivity (Wildman–Crippen MR) is 53.3 cm³/mol. The number of aromatic nitrogens is 2. The molecule has 82 valence electrons. The summed E-state index contributed by atoms with van der Waals surface area (Å²) in [7, 11) is 1.62. The molecule has 0 atom stereocenters. The molecule has 0 saturated carbocycles. The normalized spacial score (nSPS) is 11.5. The molecule has 0 fully saturated rings. The van der Waals surface area contributed by atoms with Crippen LogP contribution in [0.4, 0.5) is 0 Å². The van der Waals surface area contributed by atoms with Crippen LogP contribution in [0.15, 0.2) is 11.4 Å². The third-order valence-corrected chi connectivity index (χ3v) is 1.86. The number of hydrogen-bond acceptors (Lipinski definition) is 5. The lowest BCUT2D eigenvalue weighted by molar-refractivity contribution is 0.0526. The first kappa shape index (κ1) is 11.5. The molecule has 0 unspecified atom stereocenters. The monoisotopic (exact) mass is 231 g/mol. The fourth-order valence-electron chi connectivity index (χ4n) is 1.05. The van der Waals surface area contributed by atoms with Crippen molar-refractivity contribution in [3.63, 3.8) is 0 Å². The lowest BCUT2D eigenvalue weighted by atomic mass is 10.2. The first-order valence-electron chi connectivity index (χ1n) is 4.18. The Labute approximate surface area is 91.1 Å². The van der Waals surface area contributed by atoms with Gasteiger partial charge in [-0.1, -0.05) is 16.8 Å². The Balaban J connectivity index is 3.11. The van der Waals surface area contributed by atoms with Crippen LogP contribution in [0, 0.1) is 0 Å². The summed E-state index contributed by atoms with van der Waals surface area (Å²) in [5.41, 5.74) is 0.266. The Morgan fingerprint density at radius 1 is 1.80 bits per heavy atom. The minimum atomic E-state index is -0.553. The van der Waals surface area contributed by atoms with Gasteiger partial charge in [0.15, 0.2) is 5.17 Å². The SMILES string of the molecule is CCOC(=O)c1cn(C)nc1/C(Cl)=N/O. The maximum Gasteiger partial charge on any atom is 0.342 e. The van der Waals surface area contributed by atoms with Crippen molar-refractivity contribution in [2.24, 2.45) is 12.2 Å². The van der Waals surface area contributed by atoms with Crippen molar-refractivity contribution >= 4 is 22.7 Å². The van der Waals surface area contributed by atoms with Crippen LogP contribution in [-0.4, -0.2) is 32.7 Å². The number of rotatable bonds is 3. The predicted octanol–water partition coefficient (Wildman–Crippen LogP) is 0.971. The number of ether oxygens (including phenoxy) is 1. The van der Waals surface area contributed by atoms with E-state index in [4.69, 9.17) is 21.5 Å². The van der Waals surface area contributed by atoms with Crippen molar-refractivity contribution < 1.29 is 14.7 Å². The van der Waals surface area contributed by atoms with E-state index in [0.29, 0.717) is 0 Å². The molecular formula is C8H10ClN3O3. The molecule has 0 bridgehead atoms. The van der Waals surface area contributed by atoms with E-state index < -0.39 is 5.97 Å². The summed E-state index contributed by atoms with van der Waals surface area (Å²) >= 11 is 5.57. The van der Waals surface area contributed by atoms with Gasteiger partial charge >= 0.3 is 5.97 Å². The fraction of sp³-hybridized carbons (Fsp3) is 0.375. The van der Waals surface area contributed by atoms with E-state index in [-0.39, 0.29) is 23.0 Å². The lowest BCUT2D eigenvalue weighted by Gasteiger charge is -1.99. The zero-order valence-corrected chi connectivity index (χ0v) is 9.02. The van der Waals surface area contributed by atoms with Crippen molar-refractivity contribution in [3.8, 4) is 0 Å². The molecule has 0 aliphatic carbocycles. The minimum Gasteiger partial charge on any atom is -0.462 e. The Morgan fingerprint density at radius 3 is 3.00 bits per heavy atom. The van der Waals surface area contributed by atoms with Crippen LogP contribution >= 0.6 is 11.6 Å². The molecule has 1 aromatic rings. The molecule has 1 heterocycles. The molecule has 0 radical (unpaired) electrons. The van der Waals surface area contributed by atoms with E-state index in [1.807, 2.05) is 0 Å². The molecule has 1 N–H and O–H groups in total. The second-order valence-electron chi connectivity index (χ2n) is 2.68. The van der Waals surface area contributed by atoms with Crippen LogP contribution in [0.3, 0.4) is 0 Å². The summed E-state index contributed by atoms with van der Waals surface area (Å²) < 4.78 is 6.17. The maximum absolute atomic E-state index is 11.4. The van der Waals surface area contributed by atoms with Crippen LogP contribution in [-0.2, 0) is 11.8 Å². The second-order valence-corrected chi connectivity index (χ2v) is 3.03. The minimum absolute atomic E-state index is 0.0973. The average molecular weight is 232 g/mol. The third-order valence-electron chi connectivity index (χ3n) is 1.61. The lowest BCUT2D eigenvalue weighted by Crippen LogP contribution is -2.08. The first-order valence-corrected chi connectivity index (χ1v) is 4.56. The zero-order valence-electron chi connectivity index (χ0n) is 8.27. The Hall–Kier alpha value is -1.56. The molecule has 6 nitrogen and oxygen atoms in total. The number of aryl methyl sites for hydroxylation is 1. The molecule has 1 aromatic heterocycles. The van der Waals surface area contributed by atoms with Gasteiger partial charge in [-0.2, -0.15) is 5.10 Å². The highest BCUT2D eigenvalue weighted by molar-refractivity contribution is 6.69. The van der Waals surface area contributed by atoms with Gasteiger partial charge < -0.3 is 9.94 Å². The van der Waals surface area contributed by atoms with Gasteiger partial charge in [-0.15, -0.1) is 0 Å². The van der Waals surface area contributed by atoms with E-state index in [1.165, 1.54) is 10.9 Å². The van der Waals surface area contributed by atoms with Gasteiger partial charge in [0.2, 0.25) is 0 Å². The molecule has 0 aliphatic rings. The molecule has 0 aliphatic heterocycles. The van der Waals surface area contributed by atoms with Crippen molar-refractivity contribution in [3.05, 3.63) is 17.5 Å². The topological polar surface area (TPSA) is 76.7 Å². The number of hydrogen-bond donors (Lipinski definition) is 1. The zero-order chi connectivity index (χ0) is 11.4. The summed E-state index contributed by atoms with van der Waals surface area (Å²) in [6.45, 7) is 1.94. The fourth-order valence-corrected chi connectivity index (χ4v) is 1.19. The molecular weight excluding hydrogens is 222 g/mol. The highest BCUT2D eigenvalue weighted by atomic mass is 35.5. The molecule has 15 heavy (non-hydrogen) atoms. The van der Waals surface area contributed by atoms with E-state index in [1.54, 1.807) is 14.0 Å². The number of halogens is 1. The van der Waals surface area contributed by atoms with E-state index >= 15 is 0 Å². The van der Waals surface area contributed by atoms with Crippen LogP contribution < -0.4 is 0 Å². The summed E-state index contributed by atoms with van der Waals surface area (Å²) in [6, 6.07) is 0. The van der Waals surface area contributed by atoms with Crippen LogP contribution in [0.25, 0.3) is 0 Å².